The van der Waals surface area contributed by atoms with E-state index < -0.39 is 8.80 Å². The second-order valence-corrected chi connectivity index (χ2v) is 6.01. The fraction of sp³-hybridized carbons (Fsp3) is 0.714. The van der Waals surface area contributed by atoms with Crippen LogP contribution in [-0.2, 0) is 0 Å². The third-order valence-electron chi connectivity index (χ3n) is 1.65. The highest BCUT2D eigenvalue weighted by atomic mass is 28.3. The maximum atomic E-state index is 2.36. The molecule has 0 aliphatic heterocycles. The summed E-state index contributed by atoms with van der Waals surface area (Å²) in [5.74, 6) is 0. The average molecular weight is 128 g/mol. The lowest BCUT2D eigenvalue weighted by atomic mass is 10.3. The first-order chi connectivity index (χ1) is 3.55. The van der Waals surface area contributed by atoms with Gasteiger partial charge in [-0.3, -0.25) is 0 Å². The number of hydrogen-bond donors (Lipinski definition) is 0. The summed E-state index contributed by atoms with van der Waals surface area (Å²) < 4.78 is 0. The summed E-state index contributed by atoms with van der Waals surface area (Å²) in [6.45, 7) is 11.4. The molecule has 0 saturated heterocycles. The first kappa shape index (κ1) is 7.96. The van der Waals surface area contributed by atoms with Gasteiger partial charge >= 0.3 is 0 Å². The highest BCUT2D eigenvalue weighted by Crippen LogP contribution is 2.04. The lowest BCUT2D eigenvalue weighted by Crippen LogP contribution is -2.03. The van der Waals surface area contributed by atoms with Crippen LogP contribution in [0.3, 0.4) is 0 Å². The molecule has 0 heterocycles. The summed E-state index contributed by atoms with van der Waals surface area (Å²) in [4.78, 5) is 0. The van der Waals surface area contributed by atoms with Crippen molar-refractivity contribution in [3.63, 3.8) is 0 Å². The van der Waals surface area contributed by atoms with Gasteiger partial charge in [0, 0.05) is 0 Å². The van der Waals surface area contributed by atoms with Crippen LogP contribution in [0.2, 0.25) is 13.1 Å². The molecule has 0 aliphatic rings. The van der Waals surface area contributed by atoms with Crippen molar-refractivity contribution in [3.8, 4) is 0 Å². The van der Waals surface area contributed by atoms with Gasteiger partial charge in [-0.05, 0) is 20.8 Å². The van der Waals surface area contributed by atoms with E-state index in [1.54, 1.807) is 5.20 Å². The van der Waals surface area contributed by atoms with Gasteiger partial charge in [-0.25, -0.2) is 0 Å². The Morgan fingerprint density at radius 1 is 1.00 bits per heavy atom. The number of hydrogen-bond acceptors (Lipinski definition) is 0. The van der Waals surface area contributed by atoms with E-state index in [1.807, 2.05) is 0 Å². The Morgan fingerprint density at radius 3 is 1.38 bits per heavy atom. The van der Waals surface area contributed by atoms with E-state index in [2.05, 4.69) is 33.9 Å². The fourth-order valence-electron chi connectivity index (χ4n) is 0.577. The molecule has 0 spiro atoms. The molecule has 48 valence electrons. The van der Waals surface area contributed by atoms with Crippen LogP contribution >= 0.6 is 0 Å². The predicted octanol–water partition coefficient (Wildman–Crippen LogP) is 2.37. The zero-order chi connectivity index (χ0) is 6.73. The van der Waals surface area contributed by atoms with Gasteiger partial charge in [-0.2, -0.15) is 0 Å². The van der Waals surface area contributed by atoms with Crippen LogP contribution in [0.1, 0.15) is 20.8 Å². The molecule has 0 aromatic heterocycles. The van der Waals surface area contributed by atoms with Crippen molar-refractivity contribution in [1.82, 2.24) is 0 Å². The van der Waals surface area contributed by atoms with Gasteiger partial charge in [-0.15, -0.1) is 0 Å². The first-order valence-electron chi connectivity index (χ1n) is 3.19. The summed E-state index contributed by atoms with van der Waals surface area (Å²) in [7, 11) is -0.443. The summed E-state index contributed by atoms with van der Waals surface area (Å²) in [6, 6.07) is 0. The SMILES string of the molecule is CC(C)=C(C)[SiH](C)C. The van der Waals surface area contributed by atoms with Crippen molar-refractivity contribution in [1.29, 1.82) is 0 Å². The minimum Gasteiger partial charge on any atom is -0.0890 e. The molecule has 0 fully saturated rings. The van der Waals surface area contributed by atoms with Gasteiger partial charge in [0.25, 0.3) is 0 Å². The summed E-state index contributed by atoms with van der Waals surface area (Å²) >= 11 is 0. The molecule has 0 atom stereocenters. The molecule has 0 radical (unpaired) electrons. The van der Waals surface area contributed by atoms with Gasteiger partial charge in [0.15, 0.2) is 0 Å². The van der Waals surface area contributed by atoms with E-state index in [1.165, 1.54) is 5.57 Å². The number of allylic oxidation sites excluding steroid dienone is 2. The molecule has 0 aromatic rings. The molecule has 0 aliphatic carbocycles. The predicted molar refractivity (Wildman–Crippen MR) is 42.9 cm³/mol. The normalized spacial score (nSPS) is 9.75. The van der Waals surface area contributed by atoms with Crippen molar-refractivity contribution in [2.24, 2.45) is 0 Å². The van der Waals surface area contributed by atoms with E-state index in [0.29, 0.717) is 0 Å². The van der Waals surface area contributed by atoms with Crippen LogP contribution in [0, 0.1) is 0 Å². The van der Waals surface area contributed by atoms with Crippen molar-refractivity contribution >= 4 is 8.80 Å². The monoisotopic (exact) mass is 128 g/mol. The van der Waals surface area contributed by atoms with Gasteiger partial charge in [0.2, 0.25) is 0 Å². The van der Waals surface area contributed by atoms with Gasteiger partial charge in [0.05, 0.1) is 8.80 Å². The molecule has 0 N–H and O–H groups in total. The zero-order valence-corrected chi connectivity index (χ0v) is 7.73. The Morgan fingerprint density at radius 2 is 1.38 bits per heavy atom. The summed E-state index contributed by atoms with van der Waals surface area (Å²) in [5.41, 5.74) is 1.52. The maximum Gasteiger partial charge on any atom is 0.0591 e. The lowest BCUT2D eigenvalue weighted by molar-refractivity contribution is 1.32. The Labute approximate surface area is 54.2 Å². The smallest absolute Gasteiger partial charge is 0.0591 e. The summed E-state index contributed by atoms with van der Waals surface area (Å²) in [5, 5.41) is 1.66. The Kier molecular flexibility index (Phi) is 3.06. The minimum absolute atomic E-state index is 0.443. The van der Waals surface area contributed by atoms with Crippen LogP contribution in [0.5, 0.6) is 0 Å². The lowest BCUT2D eigenvalue weighted by Gasteiger charge is -2.04. The van der Waals surface area contributed by atoms with Gasteiger partial charge in [0.1, 0.15) is 0 Å². The highest BCUT2D eigenvalue weighted by molar-refractivity contribution is 6.63. The molecule has 8 heavy (non-hydrogen) atoms. The third-order valence-corrected chi connectivity index (χ3v) is 3.96. The fourth-order valence-corrected chi connectivity index (χ4v) is 1.73. The Balaban J connectivity index is 4.00. The van der Waals surface area contributed by atoms with Gasteiger partial charge in [-0.1, -0.05) is 23.9 Å². The standard InChI is InChI=1S/C7H16Si/c1-6(2)7(3)8(4)5/h8H,1-5H3. The van der Waals surface area contributed by atoms with Crippen LogP contribution in [0.15, 0.2) is 10.8 Å². The maximum absolute atomic E-state index is 2.36. The molecular formula is C7H16Si. The van der Waals surface area contributed by atoms with Crippen molar-refractivity contribution in [2.75, 3.05) is 0 Å². The molecule has 0 unspecified atom stereocenters. The molecule has 1 heteroatoms. The van der Waals surface area contributed by atoms with Crippen LogP contribution in [0.4, 0.5) is 0 Å². The topological polar surface area (TPSA) is 0 Å². The molecular weight excluding hydrogens is 112 g/mol. The van der Waals surface area contributed by atoms with Gasteiger partial charge < -0.3 is 0 Å². The van der Waals surface area contributed by atoms with E-state index in [9.17, 15) is 0 Å². The first-order valence-corrected chi connectivity index (χ1v) is 6.08. The largest absolute Gasteiger partial charge is 0.0890 e. The molecule has 0 amide bonds. The van der Waals surface area contributed by atoms with Crippen LogP contribution in [0.25, 0.3) is 0 Å². The molecule has 0 nitrogen and oxygen atoms in total. The molecule has 0 bridgehead atoms. The minimum atomic E-state index is -0.443. The highest BCUT2D eigenvalue weighted by Gasteiger charge is 1.97. The summed E-state index contributed by atoms with van der Waals surface area (Å²) in [6.07, 6.45) is 0. The second-order valence-electron chi connectivity index (χ2n) is 2.84. The third kappa shape index (κ3) is 2.31. The molecule has 0 rings (SSSR count). The van der Waals surface area contributed by atoms with E-state index in [0.717, 1.165) is 0 Å². The van der Waals surface area contributed by atoms with E-state index in [4.69, 9.17) is 0 Å². The van der Waals surface area contributed by atoms with Crippen molar-refractivity contribution < 1.29 is 0 Å². The van der Waals surface area contributed by atoms with E-state index in [-0.39, 0.29) is 0 Å². The average Bonchev–Trinajstić information content (AvgIpc) is 1.64. The van der Waals surface area contributed by atoms with Crippen LogP contribution < -0.4 is 0 Å². The van der Waals surface area contributed by atoms with Crippen molar-refractivity contribution in [2.45, 2.75) is 33.9 Å². The van der Waals surface area contributed by atoms with E-state index >= 15 is 0 Å². The Bertz CT molecular complexity index is 97.0. The quantitative estimate of drug-likeness (QED) is 0.476. The zero-order valence-electron chi connectivity index (χ0n) is 6.58. The second kappa shape index (κ2) is 3.08. The van der Waals surface area contributed by atoms with Crippen LogP contribution in [-0.4, -0.2) is 8.80 Å². The Hall–Kier alpha value is -0.0431. The number of rotatable bonds is 1. The van der Waals surface area contributed by atoms with Crippen molar-refractivity contribution in [3.05, 3.63) is 10.8 Å². The molecule has 0 saturated carbocycles. The molecule has 0 aromatic carbocycles.